The molecule has 2 N–H and O–H groups in total. The zero-order valence-electron chi connectivity index (χ0n) is 17.4. The molecule has 0 fully saturated rings. The lowest BCUT2D eigenvalue weighted by molar-refractivity contribution is -0.134. The van der Waals surface area contributed by atoms with E-state index in [1.165, 1.54) is 11.8 Å². The summed E-state index contributed by atoms with van der Waals surface area (Å²) in [4.78, 5) is 24.6. The van der Waals surface area contributed by atoms with Crippen molar-refractivity contribution < 1.29 is 23.8 Å². The van der Waals surface area contributed by atoms with Gasteiger partial charge in [0, 0.05) is 6.07 Å². The number of ether oxygens (including phenoxy) is 3. The van der Waals surface area contributed by atoms with E-state index in [1.54, 1.807) is 25.3 Å². The van der Waals surface area contributed by atoms with Crippen LogP contribution in [0.5, 0.6) is 17.2 Å². The Bertz CT molecular complexity index is 1140. The first-order chi connectivity index (χ1) is 15.5. The van der Waals surface area contributed by atoms with Crippen LogP contribution in [0.15, 0.2) is 53.7 Å². The molecule has 0 bridgehead atoms. The Balaban J connectivity index is 1.31. The number of amides is 2. The van der Waals surface area contributed by atoms with Crippen molar-refractivity contribution in [2.45, 2.75) is 18.2 Å². The van der Waals surface area contributed by atoms with E-state index in [1.807, 2.05) is 41.8 Å². The molecule has 4 rings (SSSR count). The van der Waals surface area contributed by atoms with Crippen molar-refractivity contribution in [1.82, 2.24) is 25.6 Å². The fourth-order valence-electron chi connectivity index (χ4n) is 3.01. The molecule has 2 amide bonds. The Morgan fingerprint density at radius 3 is 2.78 bits per heavy atom. The summed E-state index contributed by atoms with van der Waals surface area (Å²) in [5.41, 5.74) is 5.57. The van der Waals surface area contributed by atoms with Gasteiger partial charge < -0.3 is 14.2 Å². The third-order valence-corrected chi connectivity index (χ3v) is 5.49. The van der Waals surface area contributed by atoms with Gasteiger partial charge in [0.2, 0.25) is 12.0 Å². The standard InChI is InChI=1S/C21H21N5O5S/c1-13-22-25-21(26(13)14-6-5-7-15(10-14)29-2)32-12-19(27)23-24-20(28)18-11-30-16-8-3-4-9-17(16)31-18/h3-10,18H,11-12H2,1-2H3,(H,23,27)(H,24,28)/t18-/m0/s1. The summed E-state index contributed by atoms with van der Waals surface area (Å²) in [6, 6.07) is 14.5. The number of carbonyl (C=O) groups is 2. The lowest BCUT2D eigenvalue weighted by Crippen LogP contribution is -2.51. The molecule has 1 aliphatic heterocycles. The van der Waals surface area contributed by atoms with E-state index in [9.17, 15) is 9.59 Å². The Morgan fingerprint density at radius 1 is 1.16 bits per heavy atom. The number of hydrogen-bond acceptors (Lipinski definition) is 8. The maximum Gasteiger partial charge on any atom is 0.283 e. The summed E-state index contributed by atoms with van der Waals surface area (Å²) in [7, 11) is 1.59. The van der Waals surface area contributed by atoms with Gasteiger partial charge in [0.1, 0.15) is 18.2 Å². The monoisotopic (exact) mass is 455 g/mol. The van der Waals surface area contributed by atoms with Gasteiger partial charge in [0.05, 0.1) is 18.6 Å². The van der Waals surface area contributed by atoms with Crippen LogP contribution in [0.4, 0.5) is 0 Å². The highest BCUT2D eigenvalue weighted by molar-refractivity contribution is 7.99. The number of nitrogens with zero attached hydrogens (tertiary/aromatic N) is 3. The van der Waals surface area contributed by atoms with Crippen molar-refractivity contribution in [3.63, 3.8) is 0 Å². The van der Waals surface area contributed by atoms with Crippen LogP contribution < -0.4 is 25.1 Å². The first-order valence-corrected chi connectivity index (χ1v) is 10.7. The number of thioether (sulfide) groups is 1. The number of aryl methyl sites for hydroxylation is 1. The average molecular weight is 455 g/mol. The molecule has 1 aliphatic rings. The first-order valence-electron chi connectivity index (χ1n) is 9.71. The molecule has 2 heterocycles. The SMILES string of the molecule is COc1cccc(-n2c(C)nnc2SCC(=O)NNC(=O)[C@@H]2COc3ccccc3O2)c1. The topological polar surface area (TPSA) is 117 Å². The minimum Gasteiger partial charge on any atom is -0.497 e. The molecule has 32 heavy (non-hydrogen) atoms. The minimum atomic E-state index is -0.864. The van der Waals surface area contributed by atoms with Gasteiger partial charge in [-0.2, -0.15) is 0 Å². The minimum absolute atomic E-state index is 0.0211. The summed E-state index contributed by atoms with van der Waals surface area (Å²) >= 11 is 1.19. The van der Waals surface area contributed by atoms with Crippen molar-refractivity contribution in [1.29, 1.82) is 0 Å². The van der Waals surface area contributed by atoms with Gasteiger partial charge in [-0.1, -0.05) is 30.0 Å². The summed E-state index contributed by atoms with van der Waals surface area (Å²) < 4.78 is 18.2. The second-order valence-electron chi connectivity index (χ2n) is 6.76. The molecule has 3 aromatic rings. The van der Waals surface area contributed by atoms with Gasteiger partial charge in [0.25, 0.3) is 5.91 Å². The fraction of sp³-hybridized carbons (Fsp3) is 0.238. The van der Waals surface area contributed by atoms with E-state index in [2.05, 4.69) is 21.0 Å². The van der Waals surface area contributed by atoms with Crippen LogP contribution in [0.1, 0.15) is 5.82 Å². The number of carbonyl (C=O) groups excluding carboxylic acids is 2. The highest BCUT2D eigenvalue weighted by Crippen LogP contribution is 2.30. The number of aromatic nitrogens is 3. The van der Waals surface area contributed by atoms with Crippen molar-refractivity contribution >= 4 is 23.6 Å². The van der Waals surface area contributed by atoms with Crippen molar-refractivity contribution in [2.75, 3.05) is 19.5 Å². The highest BCUT2D eigenvalue weighted by atomic mass is 32.2. The van der Waals surface area contributed by atoms with Gasteiger partial charge in [-0.3, -0.25) is 25.0 Å². The third-order valence-electron chi connectivity index (χ3n) is 4.57. The van der Waals surface area contributed by atoms with Crippen molar-refractivity contribution in [2.24, 2.45) is 0 Å². The van der Waals surface area contributed by atoms with Crippen LogP contribution >= 0.6 is 11.8 Å². The lowest BCUT2D eigenvalue weighted by atomic mass is 10.2. The third kappa shape index (κ3) is 4.78. The number of para-hydroxylation sites is 2. The molecule has 0 unspecified atom stereocenters. The van der Waals surface area contributed by atoms with Crippen LogP contribution in [0.2, 0.25) is 0 Å². The maximum absolute atomic E-state index is 12.3. The Kier molecular flexibility index (Phi) is 6.45. The molecule has 0 aliphatic carbocycles. The zero-order chi connectivity index (χ0) is 22.5. The molecular formula is C21H21N5O5S. The Hall–Kier alpha value is -3.73. The van der Waals surface area contributed by atoms with E-state index >= 15 is 0 Å². The first kappa shape index (κ1) is 21.5. The van der Waals surface area contributed by atoms with Crippen LogP contribution in [-0.2, 0) is 9.59 Å². The van der Waals surface area contributed by atoms with Crippen molar-refractivity contribution in [3.8, 4) is 22.9 Å². The van der Waals surface area contributed by atoms with Crippen LogP contribution in [0, 0.1) is 6.92 Å². The predicted molar refractivity (Wildman–Crippen MR) is 116 cm³/mol. The molecule has 166 valence electrons. The number of methoxy groups -OCH3 is 1. The molecule has 0 spiro atoms. The second kappa shape index (κ2) is 9.60. The van der Waals surface area contributed by atoms with Crippen LogP contribution in [0.3, 0.4) is 0 Å². The quantitative estimate of drug-likeness (QED) is 0.426. The Morgan fingerprint density at radius 2 is 1.97 bits per heavy atom. The molecule has 10 nitrogen and oxygen atoms in total. The summed E-state index contributed by atoms with van der Waals surface area (Å²) in [5.74, 6) is 1.53. The molecule has 1 aromatic heterocycles. The molecule has 0 saturated heterocycles. The van der Waals surface area contributed by atoms with Gasteiger partial charge in [0.15, 0.2) is 16.7 Å². The smallest absolute Gasteiger partial charge is 0.283 e. The number of hydrazine groups is 1. The van der Waals surface area contributed by atoms with E-state index in [0.717, 1.165) is 5.69 Å². The fourth-order valence-corrected chi connectivity index (χ4v) is 3.81. The van der Waals surface area contributed by atoms with E-state index in [-0.39, 0.29) is 12.4 Å². The number of fused-ring (bicyclic) bond motifs is 1. The normalized spacial score (nSPS) is 14.5. The van der Waals surface area contributed by atoms with Gasteiger partial charge in [-0.05, 0) is 31.2 Å². The number of nitrogens with one attached hydrogen (secondary N) is 2. The number of benzene rings is 2. The van der Waals surface area contributed by atoms with Crippen LogP contribution in [-0.4, -0.2) is 52.2 Å². The van der Waals surface area contributed by atoms with Gasteiger partial charge in [-0.25, -0.2) is 0 Å². The molecule has 0 saturated carbocycles. The molecular weight excluding hydrogens is 434 g/mol. The Labute approximate surface area is 188 Å². The molecule has 0 radical (unpaired) electrons. The predicted octanol–water partition coefficient (Wildman–Crippen LogP) is 1.66. The molecule has 11 heteroatoms. The summed E-state index contributed by atoms with van der Waals surface area (Å²) in [6.45, 7) is 1.87. The zero-order valence-corrected chi connectivity index (χ0v) is 18.2. The van der Waals surface area contributed by atoms with Crippen LogP contribution in [0.25, 0.3) is 5.69 Å². The van der Waals surface area contributed by atoms with E-state index in [0.29, 0.717) is 28.2 Å². The largest absolute Gasteiger partial charge is 0.497 e. The maximum atomic E-state index is 12.3. The highest BCUT2D eigenvalue weighted by Gasteiger charge is 2.27. The average Bonchev–Trinajstić information content (AvgIpc) is 3.21. The number of rotatable bonds is 6. The lowest BCUT2D eigenvalue weighted by Gasteiger charge is -2.25. The molecule has 2 aromatic carbocycles. The van der Waals surface area contributed by atoms with Crippen molar-refractivity contribution in [3.05, 3.63) is 54.4 Å². The molecule has 1 atom stereocenters. The number of hydrogen-bond donors (Lipinski definition) is 2. The van der Waals surface area contributed by atoms with Gasteiger partial charge >= 0.3 is 0 Å². The summed E-state index contributed by atoms with van der Waals surface area (Å²) in [6.07, 6.45) is -0.864. The van der Waals surface area contributed by atoms with Gasteiger partial charge in [-0.15, -0.1) is 10.2 Å². The summed E-state index contributed by atoms with van der Waals surface area (Å²) in [5, 5.41) is 8.78. The van der Waals surface area contributed by atoms with E-state index < -0.39 is 17.9 Å². The second-order valence-corrected chi connectivity index (χ2v) is 7.70. The van der Waals surface area contributed by atoms with E-state index in [4.69, 9.17) is 14.2 Å².